The van der Waals surface area contributed by atoms with Crippen molar-refractivity contribution in [2.24, 2.45) is 0 Å². The first kappa shape index (κ1) is 16.5. The Morgan fingerprint density at radius 3 is 2.79 bits per heavy atom. The summed E-state index contributed by atoms with van der Waals surface area (Å²) in [5, 5.41) is 19.7. The molecular weight excluding hydrogens is 312 g/mol. The highest BCUT2D eigenvalue weighted by Crippen LogP contribution is 2.30. The van der Waals surface area contributed by atoms with Gasteiger partial charge in [-0.15, -0.1) is 0 Å². The van der Waals surface area contributed by atoms with Crippen molar-refractivity contribution < 1.29 is 29.3 Å². The Morgan fingerprint density at radius 1 is 1.21 bits per heavy atom. The molecule has 2 heterocycles. The monoisotopic (exact) mass is 332 g/mol. The lowest BCUT2D eigenvalue weighted by Crippen LogP contribution is -2.31. The van der Waals surface area contributed by atoms with Crippen LogP contribution in [-0.4, -0.2) is 40.3 Å². The highest BCUT2D eigenvalue weighted by atomic mass is 16.5. The number of aromatic hydroxyl groups is 2. The Bertz CT molecular complexity index is 693. The molecule has 0 saturated heterocycles. The normalized spacial score (nSPS) is 27.6. The third-order valence-electron chi connectivity index (χ3n) is 4.22. The number of fused-ring (bicyclic) bond motifs is 3. The summed E-state index contributed by atoms with van der Waals surface area (Å²) in [4.78, 5) is 24.7. The van der Waals surface area contributed by atoms with Crippen LogP contribution in [0.25, 0.3) is 0 Å². The lowest BCUT2D eigenvalue weighted by atomic mass is 9.96. The van der Waals surface area contributed by atoms with Crippen LogP contribution in [0.15, 0.2) is 24.3 Å². The number of phenols is 2. The second-order valence-electron chi connectivity index (χ2n) is 6.33. The predicted octanol–water partition coefficient (Wildman–Crippen LogP) is 2.26. The molecule has 0 unspecified atom stereocenters. The van der Waals surface area contributed by atoms with Gasteiger partial charge in [0.05, 0.1) is 12.2 Å². The van der Waals surface area contributed by atoms with Gasteiger partial charge >= 0.3 is 5.97 Å². The van der Waals surface area contributed by atoms with E-state index in [0.717, 1.165) is 6.07 Å². The van der Waals surface area contributed by atoms with E-state index in [1.165, 1.54) is 6.07 Å². The molecule has 2 aliphatic rings. The first-order valence-corrected chi connectivity index (χ1v) is 8.02. The zero-order valence-corrected chi connectivity index (χ0v) is 13.4. The average Bonchev–Trinajstić information content (AvgIpc) is 2.45. The van der Waals surface area contributed by atoms with E-state index >= 15 is 0 Å². The Balaban J connectivity index is 1.97. The molecule has 2 bridgehead atoms. The summed E-state index contributed by atoms with van der Waals surface area (Å²) in [5.74, 6) is -1.42. The molecule has 0 spiro atoms. The fourth-order valence-corrected chi connectivity index (χ4v) is 3.20. The molecule has 2 aliphatic heterocycles. The topological polar surface area (TPSA) is 93.1 Å². The first-order chi connectivity index (χ1) is 11.4. The number of ether oxygens (including phenoxy) is 2. The summed E-state index contributed by atoms with van der Waals surface area (Å²) in [7, 11) is 0. The molecule has 0 aromatic heterocycles. The number of hydrogen-bond donors (Lipinski definition) is 2. The van der Waals surface area contributed by atoms with Gasteiger partial charge in [-0.25, -0.2) is 4.79 Å². The minimum atomic E-state index is -0.709. The quantitative estimate of drug-likeness (QED) is 0.559. The summed E-state index contributed by atoms with van der Waals surface area (Å²) < 4.78 is 11.3. The second-order valence-corrected chi connectivity index (χ2v) is 6.33. The Kier molecular flexibility index (Phi) is 4.57. The van der Waals surface area contributed by atoms with Crippen LogP contribution in [0, 0.1) is 0 Å². The summed E-state index contributed by atoms with van der Waals surface area (Å²) in [5.41, 5.74) is 0.202. The van der Waals surface area contributed by atoms with Crippen molar-refractivity contribution in [1.82, 2.24) is 0 Å². The maximum absolute atomic E-state index is 12.4. The molecule has 6 nitrogen and oxygen atoms in total. The number of cyclic esters (lactones) is 1. The maximum Gasteiger partial charge on any atom is 0.342 e. The molecule has 0 amide bonds. The largest absolute Gasteiger partial charge is 0.508 e. The van der Waals surface area contributed by atoms with Crippen LogP contribution in [0.2, 0.25) is 0 Å². The number of carbonyl (C=O) groups is 2. The van der Waals surface area contributed by atoms with Crippen molar-refractivity contribution >= 4 is 11.8 Å². The van der Waals surface area contributed by atoms with Crippen LogP contribution in [-0.2, 0) is 20.7 Å². The van der Waals surface area contributed by atoms with Crippen molar-refractivity contribution in [2.45, 2.75) is 50.9 Å². The van der Waals surface area contributed by atoms with E-state index in [4.69, 9.17) is 9.47 Å². The van der Waals surface area contributed by atoms with Crippen LogP contribution in [0.4, 0.5) is 0 Å². The number of esters is 1. The van der Waals surface area contributed by atoms with Gasteiger partial charge in [0.25, 0.3) is 0 Å². The third kappa shape index (κ3) is 3.59. The lowest BCUT2D eigenvalue weighted by molar-refractivity contribution is -0.122. The van der Waals surface area contributed by atoms with Crippen LogP contribution >= 0.6 is 0 Å². The van der Waals surface area contributed by atoms with Crippen molar-refractivity contribution in [3.63, 3.8) is 0 Å². The van der Waals surface area contributed by atoms with E-state index in [9.17, 15) is 19.8 Å². The molecule has 6 heteroatoms. The number of ketones is 1. The number of Topliss-reactive ketones (excluding diaryl/α,β-unsaturated/α-hetero) is 1. The number of hydrogen-bond acceptors (Lipinski definition) is 6. The van der Waals surface area contributed by atoms with E-state index in [1.54, 1.807) is 6.92 Å². The molecule has 3 atom stereocenters. The predicted molar refractivity (Wildman–Crippen MR) is 85.0 cm³/mol. The van der Waals surface area contributed by atoms with Gasteiger partial charge in [0.15, 0.2) is 0 Å². The zero-order chi connectivity index (χ0) is 17.3. The maximum atomic E-state index is 12.4. The highest BCUT2D eigenvalue weighted by molar-refractivity contribution is 5.96. The number of benzene rings is 1. The number of phenolic OH excluding ortho intramolecular Hbond substituents is 2. The van der Waals surface area contributed by atoms with E-state index in [0.29, 0.717) is 12.8 Å². The Morgan fingerprint density at radius 2 is 2.00 bits per heavy atom. The fraction of sp³-hybridized carbons (Fsp3) is 0.444. The smallest absolute Gasteiger partial charge is 0.342 e. The molecule has 0 fully saturated rings. The second kappa shape index (κ2) is 6.65. The summed E-state index contributed by atoms with van der Waals surface area (Å²) in [6, 6.07) is 2.39. The van der Waals surface area contributed by atoms with Crippen molar-refractivity contribution in [3.8, 4) is 11.5 Å². The van der Waals surface area contributed by atoms with Gasteiger partial charge in [0, 0.05) is 25.3 Å². The van der Waals surface area contributed by atoms with Crippen LogP contribution in [0.1, 0.15) is 42.1 Å². The SMILES string of the molecule is C[C@@H]1C[C@H]2C=CC[C@H](CC(=O)Cc3cc(O)cc(O)c3C(=O)O1)O2. The molecule has 3 rings (SSSR count). The van der Waals surface area contributed by atoms with Crippen molar-refractivity contribution in [1.29, 1.82) is 0 Å². The molecule has 24 heavy (non-hydrogen) atoms. The van der Waals surface area contributed by atoms with E-state index < -0.39 is 12.1 Å². The minimum absolute atomic E-state index is 0.0600. The first-order valence-electron chi connectivity index (χ1n) is 8.02. The van der Waals surface area contributed by atoms with Crippen LogP contribution in [0.5, 0.6) is 11.5 Å². The molecule has 128 valence electrons. The highest BCUT2D eigenvalue weighted by Gasteiger charge is 2.28. The van der Waals surface area contributed by atoms with E-state index in [1.807, 2.05) is 12.2 Å². The minimum Gasteiger partial charge on any atom is -0.508 e. The summed E-state index contributed by atoms with van der Waals surface area (Å²) in [6.45, 7) is 1.76. The number of rotatable bonds is 0. The van der Waals surface area contributed by atoms with E-state index in [2.05, 4.69) is 0 Å². The van der Waals surface area contributed by atoms with Gasteiger partial charge in [-0.2, -0.15) is 0 Å². The zero-order valence-electron chi connectivity index (χ0n) is 13.4. The van der Waals surface area contributed by atoms with Crippen LogP contribution in [0.3, 0.4) is 0 Å². The van der Waals surface area contributed by atoms with Crippen molar-refractivity contribution in [3.05, 3.63) is 35.4 Å². The summed E-state index contributed by atoms with van der Waals surface area (Å²) >= 11 is 0. The fourth-order valence-electron chi connectivity index (χ4n) is 3.20. The van der Waals surface area contributed by atoms with Crippen LogP contribution < -0.4 is 0 Å². The molecule has 0 saturated carbocycles. The lowest BCUT2D eigenvalue weighted by Gasteiger charge is -2.28. The Hall–Kier alpha value is -2.34. The molecule has 0 aliphatic carbocycles. The Labute approximate surface area is 139 Å². The van der Waals surface area contributed by atoms with E-state index in [-0.39, 0.29) is 53.5 Å². The third-order valence-corrected chi connectivity index (χ3v) is 4.22. The number of carbonyl (C=O) groups excluding carboxylic acids is 2. The van der Waals surface area contributed by atoms with Gasteiger partial charge in [-0.3, -0.25) is 4.79 Å². The van der Waals surface area contributed by atoms with Gasteiger partial charge < -0.3 is 19.7 Å². The van der Waals surface area contributed by atoms with Crippen molar-refractivity contribution in [2.75, 3.05) is 0 Å². The van der Waals surface area contributed by atoms with Gasteiger partial charge in [-0.05, 0) is 25.0 Å². The average molecular weight is 332 g/mol. The molecular formula is C18H20O6. The molecule has 0 radical (unpaired) electrons. The molecule has 1 aromatic rings. The van der Waals surface area contributed by atoms with Gasteiger partial charge in [0.1, 0.15) is 28.9 Å². The molecule has 1 aromatic carbocycles. The molecule has 2 N–H and O–H groups in total. The van der Waals surface area contributed by atoms with Gasteiger partial charge in [-0.1, -0.05) is 12.2 Å². The van der Waals surface area contributed by atoms with Gasteiger partial charge in [0.2, 0.25) is 0 Å². The summed E-state index contributed by atoms with van der Waals surface area (Å²) in [6.07, 6.45) is 4.36. The standard InChI is InChI=1S/C18H20O6/c1-10-5-14-3-2-4-15(24-14)8-12(19)6-11-7-13(20)9-16(21)17(11)18(22)23-10/h2-3,7,9-10,14-15,20-21H,4-6,8H2,1H3/t10-,14-,15-/m1/s1.